The lowest BCUT2D eigenvalue weighted by Gasteiger charge is -2.34. The van der Waals surface area contributed by atoms with E-state index in [4.69, 9.17) is 14.2 Å². The molecular weight excluding hydrogens is 469 g/mol. The third kappa shape index (κ3) is 6.01. The van der Waals surface area contributed by atoms with Crippen molar-refractivity contribution in [3.8, 4) is 11.5 Å². The van der Waals surface area contributed by atoms with E-state index in [1.54, 1.807) is 0 Å². The lowest BCUT2D eigenvalue weighted by Crippen LogP contribution is -2.53. The van der Waals surface area contributed by atoms with Gasteiger partial charge in [0.15, 0.2) is 11.5 Å². The molecule has 10 nitrogen and oxygen atoms in total. The summed E-state index contributed by atoms with van der Waals surface area (Å²) < 4.78 is 56.5. The molecule has 1 saturated heterocycles. The minimum Gasteiger partial charge on any atom is -0.493 e. The van der Waals surface area contributed by atoms with Crippen LogP contribution in [0.5, 0.6) is 11.5 Å². The van der Waals surface area contributed by atoms with E-state index < -0.39 is 33.9 Å². The van der Waals surface area contributed by atoms with Gasteiger partial charge in [-0.1, -0.05) is 12.1 Å². The van der Waals surface area contributed by atoms with Gasteiger partial charge in [-0.3, -0.25) is 9.59 Å². The summed E-state index contributed by atoms with van der Waals surface area (Å²) in [7, 11) is -1.15. The van der Waals surface area contributed by atoms with Crippen LogP contribution in [0.4, 0.5) is 4.39 Å². The largest absolute Gasteiger partial charge is 0.493 e. The molecule has 184 valence electrons. The van der Waals surface area contributed by atoms with E-state index in [0.29, 0.717) is 24.3 Å². The molecule has 1 heterocycles. The highest BCUT2D eigenvalue weighted by Gasteiger charge is 2.35. The smallest absolute Gasteiger partial charge is 0.309 e. The van der Waals surface area contributed by atoms with Gasteiger partial charge in [-0.2, -0.15) is 4.31 Å². The molecule has 0 saturated carbocycles. The third-order valence-electron chi connectivity index (χ3n) is 5.13. The number of benzene rings is 2. The molecule has 3 rings (SSSR count). The summed E-state index contributed by atoms with van der Waals surface area (Å²) in [5, 5.41) is 4.83. The molecule has 0 spiro atoms. The number of halogens is 1. The van der Waals surface area contributed by atoms with Crippen molar-refractivity contribution in [2.75, 3.05) is 33.9 Å². The first kappa shape index (κ1) is 25.4. The number of nitrogens with zero attached hydrogens (tertiary/aromatic N) is 1. The predicted molar refractivity (Wildman–Crippen MR) is 119 cm³/mol. The zero-order valence-electron chi connectivity index (χ0n) is 18.7. The summed E-state index contributed by atoms with van der Waals surface area (Å²) in [5.74, 6) is -1.63. The van der Waals surface area contributed by atoms with E-state index in [1.165, 1.54) is 56.7 Å². The van der Waals surface area contributed by atoms with Gasteiger partial charge in [0.05, 0.1) is 32.3 Å². The first-order chi connectivity index (χ1) is 16.3. The minimum atomic E-state index is -4.00. The number of hydrogen-bond donors (Lipinski definition) is 2. The minimum absolute atomic E-state index is 0.0241. The van der Waals surface area contributed by atoms with Crippen molar-refractivity contribution in [2.24, 2.45) is 0 Å². The van der Waals surface area contributed by atoms with Gasteiger partial charge in [0, 0.05) is 19.2 Å². The van der Waals surface area contributed by atoms with Crippen LogP contribution < -0.4 is 20.1 Å². The normalized spacial score (nSPS) is 16.5. The maximum atomic E-state index is 13.3. The van der Waals surface area contributed by atoms with Crippen molar-refractivity contribution in [3.63, 3.8) is 0 Å². The summed E-state index contributed by atoms with van der Waals surface area (Å²) in [4.78, 5) is 24.3. The van der Waals surface area contributed by atoms with Crippen molar-refractivity contribution >= 4 is 21.8 Å². The topological polar surface area (TPSA) is 123 Å². The van der Waals surface area contributed by atoms with E-state index in [2.05, 4.69) is 10.6 Å². The first-order valence-electron chi connectivity index (χ1n) is 10.4. The Labute approximate surface area is 197 Å². The Morgan fingerprint density at radius 3 is 2.41 bits per heavy atom. The second-order valence-corrected chi connectivity index (χ2v) is 9.22. The van der Waals surface area contributed by atoms with E-state index >= 15 is 0 Å². The number of amides is 2. The van der Waals surface area contributed by atoms with E-state index in [9.17, 15) is 22.4 Å². The molecule has 1 atom stereocenters. The fraction of sp³-hybridized carbons (Fsp3) is 0.364. The zero-order chi connectivity index (χ0) is 24.7. The third-order valence-corrected chi connectivity index (χ3v) is 7.01. The number of methoxy groups -OCH3 is 2. The van der Waals surface area contributed by atoms with Gasteiger partial charge >= 0.3 is 11.8 Å². The van der Waals surface area contributed by atoms with E-state index in [1.807, 2.05) is 0 Å². The molecule has 12 heteroatoms. The number of rotatable bonds is 8. The van der Waals surface area contributed by atoms with Crippen molar-refractivity contribution in [3.05, 3.63) is 53.8 Å². The van der Waals surface area contributed by atoms with Crippen molar-refractivity contribution in [1.82, 2.24) is 14.9 Å². The number of hydrogen-bond acceptors (Lipinski definition) is 7. The van der Waals surface area contributed by atoms with Crippen LogP contribution in [0.3, 0.4) is 0 Å². The van der Waals surface area contributed by atoms with Crippen LogP contribution in [0.25, 0.3) is 0 Å². The standard InChI is InChI=1S/C22H26FN3O7S/c1-31-18-9-8-17(12-19(18)32-2)34(29,30)26-10-3-11-33-20(26)14-25-22(28)21(27)24-13-15-4-6-16(23)7-5-15/h4-9,12,20H,3,10-11,13-14H2,1-2H3,(H,24,27)(H,25,28). The summed E-state index contributed by atoms with van der Waals surface area (Å²) >= 11 is 0. The van der Waals surface area contributed by atoms with Crippen molar-refractivity contribution < 1.29 is 36.6 Å². The Balaban J connectivity index is 1.63. The van der Waals surface area contributed by atoms with Crippen LogP contribution in [0.1, 0.15) is 12.0 Å². The van der Waals surface area contributed by atoms with Gasteiger partial charge in [0.1, 0.15) is 12.0 Å². The quantitative estimate of drug-likeness (QED) is 0.524. The van der Waals surface area contributed by atoms with Crippen LogP contribution >= 0.6 is 0 Å². The number of carbonyl (C=O) groups is 2. The highest BCUT2D eigenvalue weighted by atomic mass is 32.2. The molecule has 1 unspecified atom stereocenters. The Morgan fingerprint density at radius 2 is 1.74 bits per heavy atom. The van der Waals surface area contributed by atoms with Gasteiger partial charge in [-0.05, 0) is 36.2 Å². The number of ether oxygens (including phenoxy) is 3. The van der Waals surface area contributed by atoms with Gasteiger partial charge in [-0.15, -0.1) is 0 Å². The summed E-state index contributed by atoms with van der Waals surface area (Å²) in [6.07, 6.45) is -0.532. The Bertz CT molecular complexity index is 1130. The van der Waals surface area contributed by atoms with Crippen molar-refractivity contribution in [2.45, 2.75) is 24.1 Å². The summed E-state index contributed by atoms with van der Waals surface area (Å²) in [5.41, 5.74) is 0.616. The molecule has 34 heavy (non-hydrogen) atoms. The second kappa shape index (κ2) is 11.3. The molecule has 0 aliphatic carbocycles. The van der Waals surface area contributed by atoms with Crippen LogP contribution in [0, 0.1) is 5.82 Å². The molecular formula is C22H26FN3O7S. The Hall–Kier alpha value is -3.22. The molecule has 0 radical (unpaired) electrons. The lowest BCUT2D eigenvalue weighted by molar-refractivity contribution is -0.140. The molecule has 1 aliphatic heterocycles. The second-order valence-electron chi connectivity index (χ2n) is 7.33. The highest BCUT2D eigenvalue weighted by molar-refractivity contribution is 7.89. The number of nitrogens with one attached hydrogen (secondary N) is 2. The Morgan fingerprint density at radius 1 is 1.06 bits per heavy atom. The molecule has 1 aliphatic rings. The average molecular weight is 496 g/mol. The van der Waals surface area contributed by atoms with E-state index in [0.717, 1.165) is 4.31 Å². The van der Waals surface area contributed by atoms with Gasteiger partial charge in [0.2, 0.25) is 10.0 Å². The van der Waals surface area contributed by atoms with Crippen LogP contribution in [0.2, 0.25) is 0 Å². The molecule has 2 aromatic rings. The number of carbonyl (C=O) groups excluding carboxylic acids is 2. The maximum absolute atomic E-state index is 13.3. The SMILES string of the molecule is COc1ccc(S(=O)(=O)N2CCCOC2CNC(=O)C(=O)NCc2ccc(F)cc2)cc1OC. The van der Waals surface area contributed by atoms with E-state index in [-0.39, 0.29) is 30.3 Å². The molecule has 1 fully saturated rings. The molecule has 2 amide bonds. The maximum Gasteiger partial charge on any atom is 0.309 e. The Kier molecular flexibility index (Phi) is 8.42. The van der Waals surface area contributed by atoms with Gasteiger partial charge in [0.25, 0.3) is 0 Å². The molecule has 2 N–H and O–H groups in total. The first-order valence-corrected chi connectivity index (χ1v) is 11.9. The van der Waals surface area contributed by atoms with Gasteiger partial charge in [-0.25, -0.2) is 12.8 Å². The fourth-order valence-electron chi connectivity index (χ4n) is 3.34. The summed E-state index contributed by atoms with van der Waals surface area (Å²) in [6.45, 7) is 0.283. The molecule has 0 aromatic heterocycles. The van der Waals surface area contributed by atoms with Crippen molar-refractivity contribution in [1.29, 1.82) is 0 Å². The average Bonchev–Trinajstić information content (AvgIpc) is 2.86. The van der Waals surface area contributed by atoms with Crippen LogP contribution in [0.15, 0.2) is 47.4 Å². The predicted octanol–water partition coefficient (Wildman–Crippen LogP) is 1.01. The lowest BCUT2D eigenvalue weighted by atomic mass is 10.2. The molecule has 2 aromatic carbocycles. The fourth-order valence-corrected chi connectivity index (χ4v) is 4.92. The highest BCUT2D eigenvalue weighted by Crippen LogP contribution is 2.31. The van der Waals surface area contributed by atoms with Crippen LogP contribution in [-0.4, -0.2) is 64.7 Å². The monoisotopic (exact) mass is 495 g/mol. The molecule has 0 bridgehead atoms. The van der Waals surface area contributed by atoms with Crippen LogP contribution in [-0.2, 0) is 30.9 Å². The summed E-state index contributed by atoms with van der Waals surface area (Å²) in [6, 6.07) is 9.69. The zero-order valence-corrected chi connectivity index (χ0v) is 19.6. The number of sulfonamides is 1. The van der Waals surface area contributed by atoms with Gasteiger partial charge < -0.3 is 24.8 Å².